The smallest absolute Gasteiger partial charge is 0.319 e. The van der Waals surface area contributed by atoms with Gasteiger partial charge in [-0.15, -0.1) is 0 Å². The number of aryl methyl sites for hydroxylation is 1. The summed E-state index contributed by atoms with van der Waals surface area (Å²) in [5.41, 5.74) is 3.86. The summed E-state index contributed by atoms with van der Waals surface area (Å²) in [4.78, 5) is 26.4. The number of carbonyl (C=O) groups excluding carboxylic acids is 2. The van der Waals surface area contributed by atoms with Crippen molar-refractivity contribution in [3.63, 3.8) is 0 Å². The van der Waals surface area contributed by atoms with Gasteiger partial charge in [0.15, 0.2) is 11.5 Å². The second-order valence-corrected chi connectivity index (χ2v) is 6.66. The number of hydrogen-bond acceptors (Lipinski definition) is 4. The molecule has 2 aromatic rings. The van der Waals surface area contributed by atoms with E-state index in [4.69, 9.17) is 9.47 Å². The molecule has 0 atom stereocenters. The van der Waals surface area contributed by atoms with E-state index in [1.165, 1.54) is 0 Å². The van der Waals surface area contributed by atoms with Gasteiger partial charge >= 0.3 is 6.03 Å². The number of para-hydroxylation sites is 1. The molecule has 0 unspecified atom stereocenters. The molecule has 2 aromatic carbocycles. The standard InChI is InChI=1S/C21H25N3O4/c1-14-6-4-5-7-17(14)23-21(26)22-12-20(25)24-9-8-15-10-18(27-2)19(28-3)11-16(15)13-24/h4-7,10-11H,8-9,12-13H2,1-3H3,(H2,22,23,26). The summed E-state index contributed by atoms with van der Waals surface area (Å²) in [6.45, 7) is 2.94. The molecule has 0 fully saturated rings. The van der Waals surface area contributed by atoms with E-state index in [0.717, 1.165) is 28.8 Å². The zero-order valence-corrected chi connectivity index (χ0v) is 16.4. The summed E-state index contributed by atoms with van der Waals surface area (Å²) in [6.07, 6.45) is 0.733. The molecule has 0 aliphatic carbocycles. The lowest BCUT2D eigenvalue weighted by molar-refractivity contribution is -0.130. The maximum atomic E-state index is 12.5. The molecular formula is C21H25N3O4. The molecule has 1 heterocycles. The van der Waals surface area contributed by atoms with E-state index in [-0.39, 0.29) is 12.5 Å². The van der Waals surface area contributed by atoms with E-state index < -0.39 is 6.03 Å². The van der Waals surface area contributed by atoms with Crippen LogP contribution in [0.4, 0.5) is 10.5 Å². The fraction of sp³-hybridized carbons (Fsp3) is 0.333. The van der Waals surface area contributed by atoms with Crippen molar-refractivity contribution >= 4 is 17.6 Å². The number of rotatable bonds is 5. The number of amides is 3. The minimum Gasteiger partial charge on any atom is -0.493 e. The third-order valence-corrected chi connectivity index (χ3v) is 4.86. The van der Waals surface area contributed by atoms with Crippen molar-refractivity contribution in [3.8, 4) is 11.5 Å². The number of hydrogen-bond donors (Lipinski definition) is 2. The Morgan fingerprint density at radius 2 is 1.75 bits per heavy atom. The lowest BCUT2D eigenvalue weighted by atomic mass is 9.98. The van der Waals surface area contributed by atoms with Crippen LogP contribution in [0.25, 0.3) is 0 Å². The number of anilines is 1. The van der Waals surface area contributed by atoms with E-state index in [2.05, 4.69) is 10.6 Å². The van der Waals surface area contributed by atoms with Gasteiger partial charge in [-0.3, -0.25) is 4.79 Å². The average molecular weight is 383 g/mol. The number of benzene rings is 2. The highest BCUT2D eigenvalue weighted by atomic mass is 16.5. The third kappa shape index (κ3) is 4.36. The summed E-state index contributed by atoms with van der Waals surface area (Å²) in [6, 6.07) is 11.0. The van der Waals surface area contributed by atoms with Crippen LogP contribution in [0, 0.1) is 6.92 Å². The van der Waals surface area contributed by atoms with Crippen molar-refractivity contribution in [1.82, 2.24) is 10.2 Å². The molecule has 7 nitrogen and oxygen atoms in total. The molecule has 1 aliphatic rings. The number of nitrogens with zero attached hydrogens (tertiary/aromatic N) is 1. The molecule has 0 saturated heterocycles. The molecule has 7 heteroatoms. The predicted molar refractivity (Wildman–Crippen MR) is 107 cm³/mol. The zero-order chi connectivity index (χ0) is 20.1. The lowest BCUT2D eigenvalue weighted by Gasteiger charge is -2.29. The van der Waals surface area contributed by atoms with Crippen LogP contribution in [0.1, 0.15) is 16.7 Å². The van der Waals surface area contributed by atoms with Crippen molar-refractivity contribution in [2.24, 2.45) is 0 Å². The molecular weight excluding hydrogens is 358 g/mol. The van der Waals surface area contributed by atoms with Crippen molar-refractivity contribution in [2.45, 2.75) is 19.9 Å². The minimum absolute atomic E-state index is 0.0552. The van der Waals surface area contributed by atoms with Crippen LogP contribution >= 0.6 is 0 Å². The Bertz CT molecular complexity index is 882. The Morgan fingerprint density at radius 1 is 1.07 bits per heavy atom. The highest BCUT2D eigenvalue weighted by molar-refractivity contribution is 5.92. The van der Waals surface area contributed by atoms with E-state index in [1.807, 2.05) is 43.3 Å². The largest absolute Gasteiger partial charge is 0.493 e. The molecule has 1 aliphatic heterocycles. The van der Waals surface area contributed by atoms with E-state index in [9.17, 15) is 9.59 Å². The normalized spacial score (nSPS) is 12.8. The van der Waals surface area contributed by atoms with Crippen LogP contribution in [-0.4, -0.2) is 44.1 Å². The summed E-state index contributed by atoms with van der Waals surface area (Å²) in [5.74, 6) is 1.21. The van der Waals surface area contributed by atoms with Crippen LogP contribution in [0.15, 0.2) is 36.4 Å². The third-order valence-electron chi connectivity index (χ3n) is 4.86. The summed E-state index contributed by atoms with van der Waals surface area (Å²) in [5, 5.41) is 5.39. The maximum absolute atomic E-state index is 12.5. The number of fused-ring (bicyclic) bond motifs is 1. The van der Waals surface area contributed by atoms with Crippen LogP contribution < -0.4 is 20.1 Å². The highest BCUT2D eigenvalue weighted by Crippen LogP contribution is 2.33. The predicted octanol–water partition coefficient (Wildman–Crippen LogP) is 2.72. The Kier molecular flexibility index (Phi) is 6.03. The maximum Gasteiger partial charge on any atom is 0.319 e. The van der Waals surface area contributed by atoms with Gasteiger partial charge in [0.05, 0.1) is 20.8 Å². The van der Waals surface area contributed by atoms with Crippen LogP contribution in [-0.2, 0) is 17.8 Å². The summed E-state index contributed by atoms with van der Waals surface area (Å²) >= 11 is 0. The summed E-state index contributed by atoms with van der Waals surface area (Å²) in [7, 11) is 3.20. The van der Waals surface area contributed by atoms with Gasteiger partial charge in [-0.1, -0.05) is 18.2 Å². The second-order valence-electron chi connectivity index (χ2n) is 6.66. The molecule has 148 valence electrons. The molecule has 0 spiro atoms. The Balaban J connectivity index is 1.57. The van der Waals surface area contributed by atoms with Crippen molar-refractivity contribution in [1.29, 1.82) is 0 Å². The number of urea groups is 1. The Hall–Kier alpha value is -3.22. The molecule has 2 N–H and O–H groups in total. The fourth-order valence-corrected chi connectivity index (χ4v) is 3.24. The Morgan fingerprint density at radius 3 is 2.43 bits per heavy atom. The summed E-state index contributed by atoms with van der Waals surface area (Å²) < 4.78 is 10.7. The highest BCUT2D eigenvalue weighted by Gasteiger charge is 2.23. The number of methoxy groups -OCH3 is 2. The molecule has 28 heavy (non-hydrogen) atoms. The Labute approximate surface area is 164 Å². The molecule has 0 saturated carbocycles. The van der Waals surface area contributed by atoms with Gasteiger partial charge in [0.2, 0.25) is 5.91 Å². The first-order chi connectivity index (χ1) is 13.5. The van der Waals surface area contributed by atoms with Gasteiger partial charge in [-0.25, -0.2) is 4.79 Å². The quantitative estimate of drug-likeness (QED) is 0.832. The number of ether oxygens (including phenoxy) is 2. The first kappa shape index (κ1) is 19.5. The monoisotopic (exact) mass is 383 g/mol. The number of carbonyl (C=O) groups is 2. The van der Waals surface area contributed by atoms with Gasteiger partial charge < -0.3 is 25.0 Å². The van der Waals surface area contributed by atoms with E-state index in [0.29, 0.717) is 24.6 Å². The first-order valence-corrected chi connectivity index (χ1v) is 9.14. The molecule has 0 radical (unpaired) electrons. The van der Waals surface area contributed by atoms with Crippen molar-refractivity contribution < 1.29 is 19.1 Å². The van der Waals surface area contributed by atoms with Crippen LogP contribution in [0.2, 0.25) is 0 Å². The lowest BCUT2D eigenvalue weighted by Crippen LogP contribution is -2.43. The molecule has 0 aromatic heterocycles. The second kappa shape index (κ2) is 8.65. The van der Waals surface area contributed by atoms with Crippen LogP contribution in [0.5, 0.6) is 11.5 Å². The van der Waals surface area contributed by atoms with Gasteiger partial charge in [-0.05, 0) is 48.2 Å². The zero-order valence-electron chi connectivity index (χ0n) is 16.4. The molecule has 0 bridgehead atoms. The van der Waals surface area contributed by atoms with Gasteiger partial charge in [0, 0.05) is 18.8 Å². The van der Waals surface area contributed by atoms with Crippen LogP contribution in [0.3, 0.4) is 0 Å². The topological polar surface area (TPSA) is 79.9 Å². The van der Waals surface area contributed by atoms with Gasteiger partial charge in [0.1, 0.15) is 0 Å². The van der Waals surface area contributed by atoms with Gasteiger partial charge in [-0.2, -0.15) is 0 Å². The first-order valence-electron chi connectivity index (χ1n) is 9.14. The van der Waals surface area contributed by atoms with E-state index >= 15 is 0 Å². The SMILES string of the molecule is COc1cc2c(cc1OC)CN(C(=O)CNC(=O)Nc1ccccc1C)CC2. The van der Waals surface area contributed by atoms with E-state index in [1.54, 1.807) is 19.1 Å². The fourth-order valence-electron chi connectivity index (χ4n) is 3.24. The van der Waals surface area contributed by atoms with Crippen molar-refractivity contribution in [3.05, 3.63) is 53.1 Å². The average Bonchev–Trinajstić information content (AvgIpc) is 2.72. The molecule has 3 rings (SSSR count). The number of nitrogens with one attached hydrogen (secondary N) is 2. The minimum atomic E-state index is -0.397. The van der Waals surface area contributed by atoms with Crippen molar-refractivity contribution in [2.75, 3.05) is 32.6 Å². The van der Waals surface area contributed by atoms with Gasteiger partial charge in [0.25, 0.3) is 0 Å². The molecule has 3 amide bonds.